The van der Waals surface area contributed by atoms with Gasteiger partial charge in [0.25, 0.3) is 5.69 Å². The standard InChI is InChI=1S/C22H22N8O3S/c1-13-8-14(2)29(27-13)20-10-19(23-12-24-20)28-7-3-4-15(11-28)21(31)26-22-25-17-6-5-16(30(32)33)9-18(17)34-22/h5-6,8-10,12,15H,3-4,7,11H2,1-2H3,(H,25,26,31). The molecule has 12 heteroatoms. The van der Waals surface area contributed by atoms with Crippen molar-refractivity contribution in [1.82, 2.24) is 24.7 Å². The third-order valence-corrected chi connectivity index (χ3v) is 6.73. The molecule has 174 valence electrons. The Morgan fingerprint density at radius 2 is 2.03 bits per heavy atom. The Labute approximate surface area is 198 Å². The van der Waals surface area contributed by atoms with E-state index in [-0.39, 0.29) is 17.5 Å². The molecule has 0 aliphatic carbocycles. The number of fused-ring (bicyclic) bond motifs is 1. The van der Waals surface area contributed by atoms with Crippen LogP contribution in [0.2, 0.25) is 0 Å². The number of anilines is 2. The van der Waals surface area contributed by atoms with Crippen LogP contribution >= 0.6 is 11.3 Å². The quantitative estimate of drug-likeness (QED) is 0.340. The number of nitrogens with zero attached hydrogens (tertiary/aromatic N) is 7. The molecule has 1 aliphatic rings. The molecule has 1 unspecified atom stereocenters. The third-order valence-electron chi connectivity index (χ3n) is 5.79. The second-order valence-electron chi connectivity index (χ2n) is 8.28. The predicted octanol–water partition coefficient (Wildman–Crippen LogP) is 3.65. The molecule has 1 atom stereocenters. The monoisotopic (exact) mass is 478 g/mol. The Kier molecular flexibility index (Phi) is 5.65. The number of nitrogens with one attached hydrogen (secondary N) is 1. The van der Waals surface area contributed by atoms with Crippen molar-refractivity contribution in [3.05, 3.63) is 58.2 Å². The number of amides is 1. The van der Waals surface area contributed by atoms with E-state index < -0.39 is 4.92 Å². The van der Waals surface area contributed by atoms with Crippen LogP contribution in [-0.2, 0) is 4.79 Å². The van der Waals surface area contributed by atoms with Crippen LogP contribution in [0.3, 0.4) is 0 Å². The van der Waals surface area contributed by atoms with Crippen LogP contribution in [0.25, 0.3) is 16.0 Å². The largest absolute Gasteiger partial charge is 0.356 e. The number of benzene rings is 1. The highest BCUT2D eigenvalue weighted by molar-refractivity contribution is 7.22. The van der Waals surface area contributed by atoms with E-state index in [1.165, 1.54) is 29.8 Å². The van der Waals surface area contributed by atoms with Crippen molar-refractivity contribution >= 4 is 44.1 Å². The number of carbonyl (C=O) groups is 1. The topological polar surface area (TPSA) is 132 Å². The van der Waals surface area contributed by atoms with E-state index in [2.05, 4.69) is 30.3 Å². The van der Waals surface area contributed by atoms with E-state index in [9.17, 15) is 14.9 Å². The molecule has 1 N–H and O–H groups in total. The zero-order valence-electron chi connectivity index (χ0n) is 18.6. The van der Waals surface area contributed by atoms with Gasteiger partial charge in [-0.25, -0.2) is 19.6 Å². The molecule has 1 aromatic carbocycles. The molecule has 1 saturated heterocycles. The minimum absolute atomic E-state index is 0.00151. The molecule has 1 fully saturated rings. The summed E-state index contributed by atoms with van der Waals surface area (Å²) in [4.78, 5) is 38.8. The van der Waals surface area contributed by atoms with Gasteiger partial charge >= 0.3 is 0 Å². The van der Waals surface area contributed by atoms with Crippen molar-refractivity contribution in [1.29, 1.82) is 0 Å². The highest BCUT2D eigenvalue weighted by atomic mass is 32.1. The van der Waals surface area contributed by atoms with E-state index in [0.717, 1.165) is 36.6 Å². The van der Waals surface area contributed by atoms with E-state index in [0.29, 0.717) is 27.7 Å². The highest BCUT2D eigenvalue weighted by Crippen LogP contribution is 2.30. The van der Waals surface area contributed by atoms with E-state index in [4.69, 9.17) is 0 Å². The summed E-state index contributed by atoms with van der Waals surface area (Å²) in [6, 6.07) is 8.36. The minimum Gasteiger partial charge on any atom is -0.356 e. The zero-order chi connectivity index (χ0) is 23.8. The maximum absolute atomic E-state index is 13.0. The first kappa shape index (κ1) is 21.9. The first-order valence-corrected chi connectivity index (χ1v) is 11.7. The summed E-state index contributed by atoms with van der Waals surface area (Å²) >= 11 is 1.23. The number of thiazole rings is 1. The van der Waals surface area contributed by atoms with Gasteiger partial charge in [-0.3, -0.25) is 14.9 Å². The van der Waals surface area contributed by atoms with E-state index in [1.54, 1.807) is 10.7 Å². The molecule has 0 radical (unpaired) electrons. The van der Waals surface area contributed by atoms with Gasteiger partial charge in [-0.2, -0.15) is 5.10 Å². The normalized spacial score (nSPS) is 16.1. The number of rotatable bonds is 5. The maximum atomic E-state index is 13.0. The molecule has 4 aromatic rings. The molecule has 0 saturated carbocycles. The van der Waals surface area contributed by atoms with Crippen LogP contribution < -0.4 is 10.2 Å². The molecule has 0 spiro atoms. The van der Waals surface area contributed by atoms with Gasteiger partial charge in [0.2, 0.25) is 5.91 Å². The Morgan fingerprint density at radius 1 is 1.21 bits per heavy atom. The fourth-order valence-electron chi connectivity index (χ4n) is 4.17. The summed E-state index contributed by atoms with van der Waals surface area (Å²) in [5.41, 5.74) is 2.52. The van der Waals surface area contributed by atoms with Gasteiger partial charge in [0.15, 0.2) is 10.9 Å². The number of hydrogen-bond acceptors (Lipinski definition) is 9. The fraction of sp³-hybridized carbons (Fsp3) is 0.318. The van der Waals surface area contributed by atoms with Crippen LogP contribution in [0, 0.1) is 29.9 Å². The average Bonchev–Trinajstić information content (AvgIpc) is 3.39. The number of nitro groups is 1. The Hall–Kier alpha value is -3.93. The molecule has 5 rings (SSSR count). The van der Waals surface area contributed by atoms with Crippen molar-refractivity contribution in [2.75, 3.05) is 23.3 Å². The van der Waals surface area contributed by atoms with Gasteiger partial charge in [0.1, 0.15) is 12.1 Å². The molecule has 1 amide bonds. The number of aryl methyl sites for hydroxylation is 2. The predicted molar refractivity (Wildman–Crippen MR) is 128 cm³/mol. The van der Waals surface area contributed by atoms with Crippen LogP contribution in [0.4, 0.5) is 16.6 Å². The van der Waals surface area contributed by atoms with Crippen molar-refractivity contribution < 1.29 is 9.72 Å². The smallest absolute Gasteiger partial charge is 0.270 e. The average molecular weight is 479 g/mol. The van der Waals surface area contributed by atoms with Crippen molar-refractivity contribution in [3.8, 4) is 5.82 Å². The van der Waals surface area contributed by atoms with Gasteiger partial charge in [0, 0.05) is 37.0 Å². The number of piperidine rings is 1. The first-order chi connectivity index (χ1) is 16.4. The van der Waals surface area contributed by atoms with Gasteiger partial charge in [-0.15, -0.1) is 0 Å². The summed E-state index contributed by atoms with van der Waals surface area (Å²) in [5.74, 6) is 1.08. The van der Waals surface area contributed by atoms with Crippen LogP contribution in [-0.4, -0.2) is 48.7 Å². The summed E-state index contributed by atoms with van der Waals surface area (Å²) in [6.07, 6.45) is 3.13. The molecule has 1 aliphatic heterocycles. The first-order valence-electron chi connectivity index (χ1n) is 10.8. The SMILES string of the molecule is Cc1cc(C)n(-c2cc(N3CCCC(C(=O)Nc4nc5ccc([N+](=O)[O-])cc5s4)C3)ncn2)n1. The second kappa shape index (κ2) is 8.78. The van der Waals surface area contributed by atoms with Gasteiger partial charge < -0.3 is 10.2 Å². The molecule has 34 heavy (non-hydrogen) atoms. The summed E-state index contributed by atoms with van der Waals surface area (Å²) in [7, 11) is 0. The number of aromatic nitrogens is 5. The molecular weight excluding hydrogens is 456 g/mol. The molecule has 0 bridgehead atoms. The minimum atomic E-state index is -0.443. The molecule has 11 nitrogen and oxygen atoms in total. The number of hydrogen-bond donors (Lipinski definition) is 1. The maximum Gasteiger partial charge on any atom is 0.270 e. The fourth-order valence-corrected chi connectivity index (χ4v) is 5.08. The number of nitro benzene ring substituents is 1. The van der Waals surface area contributed by atoms with Crippen molar-refractivity contribution in [3.63, 3.8) is 0 Å². The van der Waals surface area contributed by atoms with Crippen LogP contribution in [0.1, 0.15) is 24.2 Å². The van der Waals surface area contributed by atoms with Crippen LogP contribution in [0.15, 0.2) is 36.7 Å². The van der Waals surface area contributed by atoms with E-state index in [1.807, 2.05) is 26.0 Å². The third kappa shape index (κ3) is 4.31. The highest BCUT2D eigenvalue weighted by Gasteiger charge is 2.27. The number of carbonyl (C=O) groups excluding carboxylic acids is 1. The Morgan fingerprint density at radius 3 is 2.79 bits per heavy atom. The lowest BCUT2D eigenvalue weighted by atomic mass is 9.97. The molecular formula is C22H22N8O3S. The summed E-state index contributed by atoms with van der Waals surface area (Å²) < 4.78 is 2.44. The van der Waals surface area contributed by atoms with E-state index >= 15 is 0 Å². The van der Waals surface area contributed by atoms with Crippen molar-refractivity contribution in [2.45, 2.75) is 26.7 Å². The lowest BCUT2D eigenvalue weighted by molar-refractivity contribution is -0.384. The lowest BCUT2D eigenvalue weighted by Crippen LogP contribution is -2.41. The zero-order valence-corrected chi connectivity index (χ0v) is 19.4. The molecule has 3 aromatic heterocycles. The second-order valence-corrected chi connectivity index (χ2v) is 9.31. The van der Waals surface area contributed by atoms with Crippen LogP contribution in [0.5, 0.6) is 0 Å². The van der Waals surface area contributed by atoms with Gasteiger partial charge in [0.05, 0.1) is 26.8 Å². The summed E-state index contributed by atoms with van der Waals surface area (Å²) in [6.45, 7) is 5.23. The van der Waals surface area contributed by atoms with Crippen molar-refractivity contribution in [2.24, 2.45) is 5.92 Å². The Balaban J connectivity index is 1.30. The van der Waals surface area contributed by atoms with Gasteiger partial charge in [-0.05, 0) is 38.8 Å². The Bertz CT molecular complexity index is 1400. The lowest BCUT2D eigenvalue weighted by Gasteiger charge is -2.32. The molecule has 4 heterocycles. The number of non-ortho nitro benzene ring substituents is 1. The van der Waals surface area contributed by atoms with Gasteiger partial charge in [-0.1, -0.05) is 11.3 Å². The summed E-state index contributed by atoms with van der Waals surface area (Å²) in [5, 5.41) is 18.8.